The lowest BCUT2D eigenvalue weighted by Crippen LogP contribution is -2.21. The van der Waals surface area contributed by atoms with Crippen molar-refractivity contribution in [3.05, 3.63) is 35.7 Å². The van der Waals surface area contributed by atoms with Crippen molar-refractivity contribution in [3.63, 3.8) is 0 Å². The summed E-state index contributed by atoms with van der Waals surface area (Å²) >= 11 is 0. The molecule has 0 radical (unpaired) electrons. The number of tetrazole rings is 1. The maximum Gasteiger partial charge on any atom is 0.175 e. The molecule has 1 aliphatic carbocycles. The van der Waals surface area contributed by atoms with Gasteiger partial charge in [0.15, 0.2) is 15.7 Å². The molecule has 8 heteroatoms. The van der Waals surface area contributed by atoms with Crippen LogP contribution in [0.2, 0.25) is 0 Å². The molecule has 0 aliphatic heterocycles. The van der Waals surface area contributed by atoms with Crippen LogP contribution in [0.3, 0.4) is 0 Å². The molecule has 0 amide bonds. The Hall–Kier alpha value is -1.80. The molecule has 0 saturated heterocycles. The van der Waals surface area contributed by atoms with Crippen molar-refractivity contribution in [2.45, 2.75) is 43.3 Å². The summed E-state index contributed by atoms with van der Waals surface area (Å²) in [6.45, 7) is 2.61. The predicted molar refractivity (Wildman–Crippen MR) is 80.9 cm³/mol. The van der Waals surface area contributed by atoms with Crippen LogP contribution in [0.4, 0.5) is 0 Å². The summed E-state index contributed by atoms with van der Waals surface area (Å²) in [4.78, 5) is 0.334. The summed E-state index contributed by atoms with van der Waals surface area (Å²) in [5, 5.41) is 15.2. The Kier molecular flexibility index (Phi) is 3.96. The van der Waals surface area contributed by atoms with E-state index >= 15 is 0 Å². The summed E-state index contributed by atoms with van der Waals surface area (Å²) in [6, 6.07) is 7.47. The molecule has 7 nitrogen and oxygen atoms in total. The van der Waals surface area contributed by atoms with Crippen LogP contribution in [-0.2, 0) is 16.4 Å². The predicted octanol–water partition coefficient (Wildman–Crippen LogP) is 1.26. The largest absolute Gasteiger partial charge is 0.303 e. The number of nitrogens with one attached hydrogen (secondary N) is 1. The average molecular weight is 321 g/mol. The summed E-state index contributed by atoms with van der Waals surface area (Å²) < 4.78 is 24.8. The van der Waals surface area contributed by atoms with Crippen molar-refractivity contribution in [2.24, 2.45) is 0 Å². The van der Waals surface area contributed by atoms with Crippen molar-refractivity contribution >= 4 is 9.84 Å². The van der Waals surface area contributed by atoms with Gasteiger partial charge in [-0.15, -0.1) is 5.10 Å². The third-order valence-electron chi connectivity index (χ3n) is 3.83. The quantitative estimate of drug-likeness (QED) is 0.861. The first kappa shape index (κ1) is 15.1. The first-order valence-electron chi connectivity index (χ1n) is 7.25. The second-order valence-corrected chi connectivity index (χ2v) is 7.73. The van der Waals surface area contributed by atoms with Crippen LogP contribution in [-0.4, -0.2) is 34.9 Å². The zero-order valence-electron chi connectivity index (χ0n) is 12.6. The van der Waals surface area contributed by atoms with Crippen LogP contribution >= 0.6 is 0 Å². The fourth-order valence-corrected chi connectivity index (χ4v) is 2.93. The van der Waals surface area contributed by atoms with Crippen molar-refractivity contribution in [1.82, 2.24) is 25.5 Å². The fraction of sp³-hybridized carbons (Fsp3) is 0.500. The lowest BCUT2D eigenvalue weighted by Gasteiger charge is -2.14. The molecular formula is C14H19N5O2S. The van der Waals surface area contributed by atoms with Crippen LogP contribution in [0, 0.1) is 0 Å². The first-order chi connectivity index (χ1) is 10.4. The molecule has 1 aromatic carbocycles. The Balaban J connectivity index is 1.64. The molecule has 1 fully saturated rings. The Morgan fingerprint density at radius 3 is 2.59 bits per heavy atom. The molecule has 118 valence electrons. The molecule has 1 aromatic heterocycles. The minimum absolute atomic E-state index is 0.0814. The summed E-state index contributed by atoms with van der Waals surface area (Å²) in [7, 11) is -3.15. The molecule has 3 rings (SSSR count). The molecule has 2 aromatic rings. The van der Waals surface area contributed by atoms with E-state index in [1.165, 1.54) is 6.26 Å². The number of nitrogens with zero attached hydrogens (tertiary/aromatic N) is 4. The highest BCUT2D eigenvalue weighted by atomic mass is 32.2. The molecule has 0 spiro atoms. The van der Waals surface area contributed by atoms with Gasteiger partial charge in [-0.1, -0.05) is 12.1 Å². The topological polar surface area (TPSA) is 89.8 Å². The van der Waals surface area contributed by atoms with E-state index in [0.29, 0.717) is 17.5 Å². The number of benzene rings is 1. The highest BCUT2D eigenvalue weighted by Crippen LogP contribution is 2.34. The maximum absolute atomic E-state index is 11.5. The number of sulfone groups is 1. The second kappa shape index (κ2) is 5.77. The van der Waals surface area contributed by atoms with Crippen molar-refractivity contribution in [3.8, 4) is 0 Å². The summed E-state index contributed by atoms with van der Waals surface area (Å²) in [6.07, 6.45) is 3.49. The Morgan fingerprint density at radius 2 is 2.00 bits per heavy atom. The molecule has 0 bridgehead atoms. The second-order valence-electron chi connectivity index (χ2n) is 5.71. The monoisotopic (exact) mass is 321 g/mol. The van der Waals surface area contributed by atoms with Crippen LogP contribution < -0.4 is 5.32 Å². The summed E-state index contributed by atoms with van der Waals surface area (Å²) in [5.74, 6) is 0.835. The Bertz CT molecular complexity index is 750. The van der Waals surface area contributed by atoms with Gasteiger partial charge >= 0.3 is 0 Å². The van der Waals surface area contributed by atoms with E-state index in [9.17, 15) is 8.42 Å². The van der Waals surface area contributed by atoms with E-state index < -0.39 is 9.84 Å². The number of hydrogen-bond acceptors (Lipinski definition) is 6. The molecule has 1 atom stereocenters. The minimum Gasteiger partial charge on any atom is -0.303 e. The van der Waals surface area contributed by atoms with Gasteiger partial charge < -0.3 is 5.32 Å². The zero-order valence-corrected chi connectivity index (χ0v) is 13.4. The fourth-order valence-electron chi connectivity index (χ4n) is 2.30. The average Bonchev–Trinajstić information content (AvgIpc) is 3.22. The van der Waals surface area contributed by atoms with Gasteiger partial charge in [-0.05, 0) is 47.9 Å². The van der Waals surface area contributed by atoms with Gasteiger partial charge in [-0.25, -0.2) is 13.1 Å². The maximum atomic E-state index is 11.5. The van der Waals surface area contributed by atoms with Gasteiger partial charge in [0.25, 0.3) is 0 Å². The Labute approximate surface area is 129 Å². The van der Waals surface area contributed by atoms with Crippen molar-refractivity contribution < 1.29 is 8.42 Å². The van der Waals surface area contributed by atoms with Gasteiger partial charge in [0.1, 0.15) is 0 Å². The third kappa shape index (κ3) is 3.33. The SMILES string of the molecule is C[C@H](NCc1nnnn1C1CC1)c1ccc(S(C)(=O)=O)cc1. The van der Waals surface area contributed by atoms with Crippen LogP contribution in [0.15, 0.2) is 29.2 Å². The van der Waals surface area contributed by atoms with Crippen molar-refractivity contribution in [2.75, 3.05) is 6.26 Å². The van der Waals surface area contributed by atoms with E-state index in [-0.39, 0.29) is 6.04 Å². The van der Waals surface area contributed by atoms with Crippen LogP contribution in [0.1, 0.15) is 43.2 Å². The normalized spacial score (nSPS) is 16.6. The molecular weight excluding hydrogens is 302 g/mol. The van der Waals surface area contributed by atoms with Crippen molar-refractivity contribution in [1.29, 1.82) is 0 Å². The smallest absolute Gasteiger partial charge is 0.175 e. The molecule has 1 aliphatic rings. The highest BCUT2D eigenvalue weighted by Gasteiger charge is 2.27. The Morgan fingerprint density at radius 1 is 1.32 bits per heavy atom. The zero-order chi connectivity index (χ0) is 15.7. The van der Waals surface area contributed by atoms with Gasteiger partial charge in [-0.2, -0.15) is 0 Å². The molecule has 22 heavy (non-hydrogen) atoms. The number of hydrogen-bond donors (Lipinski definition) is 1. The minimum atomic E-state index is -3.15. The van der Waals surface area contributed by atoms with E-state index in [1.807, 2.05) is 23.7 Å². The van der Waals surface area contributed by atoms with Gasteiger partial charge in [-0.3, -0.25) is 0 Å². The standard InChI is InChI=1S/C14H19N5O2S/c1-10(11-3-7-13(8-4-11)22(2,20)21)15-9-14-16-17-18-19(14)12-5-6-12/h3-4,7-8,10,12,15H,5-6,9H2,1-2H3/t10-/m0/s1. The van der Waals surface area contributed by atoms with E-state index in [0.717, 1.165) is 24.2 Å². The van der Waals surface area contributed by atoms with Crippen LogP contribution in [0.25, 0.3) is 0 Å². The van der Waals surface area contributed by atoms with Gasteiger partial charge in [0.05, 0.1) is 17.5 Å². The third-order valence-corrected chi connectivity index (χ3v) is 4.96. The first-order valence-corrected chi connectivity index (χ1v) is 9.14. The van der Waals surface area contributed by atoms with Crippen LogP contribution in [0.5, 0.6) is 0 Å². The lowest BCUT2D eigenvalue weighted by atomic mass is 10.1. The highest BCUT2D eigenvalue weighted by molar-refractivity contribution is 7.90. The van der Waals surface area contributed by atoms with Gasteiger partial charge in [0.2, 0.25) is 0 Å². The number of aromatic nitrogens is 4. The molecule has 1 heterocycles. The molecule has 1 N–H and O–H groups in total. The molecule has 1 saturated carbocycles. The van der Waals surface area contributed by atoms with E-state index in [1.54, 1.807) is 12.1 Å². The lowest BCUT2D eigenvalue weighted by molar-refractivity contribution is 0.516. The number of rotatable bonds is 6. The van der Waals surface area contributed by atoms with E-state index in [4.69, 9.17) is 0 Å². The summed E-state index contributed by atoms with van der Waals surface area (Å²) in [5.41, 5.74) is 1.03. The van der Waals surface area contributed by atoms with Gasteiger partial charge in [0, 0.05) is 12.3 Å². The molecule has 0 unspecified atom stereocenters. The van der Waals surface area contributed by atoms with E-state index in [2.05, 4.69) is 20.8 Å².